The summed E-state index contributed by atoms with van der Waals surface area (Å²) < 4.78 is 0. The van der Waals surface area contributed by atoms with Crippen molar-refractivity contribution in [2.24, 2.45) is 0 Å². The first-order valence-electron chi connectivity index (χ1n) is 3.76. The molecule has 0 aliphatic heterocycles. The molecular formula is C8H16Cl2N2. The third-order valence-electron chi connectivity index (χ3n) is 1.33. The van der Waals surface area contributed by atoms with Gasteiger partial charge in [-0.05, 0) is 28.2 Å². The average Bonchev–Trinajstić information content (AvgIpc) is 1.98. The maximum atomic E-state index is 5.96. The lowest BCUT2D eigenvalue weighted by atomic mass is 10.4. The van der Waals surface area contributed by atoms with Gasteiger partial charge in [0.15, 0.2) is 0 Å². The predicted molar refractivity (Wildman–Crippen MR) is 55.8 cm³/mol. The molecule has 0 saturated heterocycles. The summed E-state index contributed by atoms with van der Waals surface area (Å²) in [6.45, 7) is 0.815. The van der Waals surface area contributed by atoms with Gasteiger partial charge < -0.3 is 4.90 Å². The van der Waals surface area contributed by atoms with Gasteiger partial charge >= 0.3 is 0 Å². The second-order valence-corrected chi connectivity index (χ2v) is 4.00. The van der Waals surface area contributed by atoms with Crippen molar-refractivity contribution in [2.75, 3.05) is 34.7 Å². The molecule has 0 radical (unpaired) electrons. The van der Waals surface area contributed by atoms with E-state index in [1.54, 1.807) is 0 Å². The Morgan fingerprint density at radius 1 is 1.33 bits per heavy atom. The minimum atomic E-state index is -0.216. The van der Waals surface area contributed by atoms with Gasteiger partial charge in [-0.2, -0.15) is 0 Å². The van der Waals surface area contributed by atoms with E-state index in [4.69, 9.17) is 23.2 Å². The van der Waals surface area contributed by atoms with Gasteiger partial charge in [-0.3, -0.25) is 4.90 Å². The molecule has 0 N–H and O–H groups in total. The standard InChI is InChI=1S/C8H16Cl2N2/c1-11(2)6-5-7(9)8(10)12(3)4/h5,8H,6H2,1-4H3. The molecule has 0 aromatic carbocycles. The third-order valence-corrected chi connectivity index (χ3v) is 2.43. The molecule has 1 atom stereocenters. The van der Waals surface area contributed by atoms with Crippen LogP contribution >= 0.6 is 23.2 Å². The number of hydrogen-bond donors (Lipinski definition) is 0. The SMILES string of the molecule is CN(C)CC=C(Cl)C(Cl)N(C)C. The third kappa shape index (κ3) is 4.99. The maximum absolute atomic E-state index is 5.96. The molecule has 0 bridgehead atoms. The average molecular weight is 211 g/mol. The quantitative estimate of drug-likeness (QED) is 0.516. The van der Waals surface area contributed by atoms with Crippen molar-refractivity contribution in [3.63, 3.8) is 0 Å². The molecule has 0 fully saturated rings. The zero-order valence-corrected chi connectivity index (χ0v) is 9.52. The van der Waals surface area contributed by atoms with E-state index in [-0.39, 0.29) is 5.50 Å². The second-order valence-electron chi connectivity index (χ2n) is 3.15. The highest BCUT2D eigenvalue weighted by Gasteiger charge is 2.10. The molecule has 0 heterocycles. The van der Waals surface area contributed by atoms with Crippen molar-refractivity contribution in [3.05, 3.63) is 11.1 Å². The highest BCUT2D eigenvalue weighted by molar-refractivity contribution is 6.37. The lowest BCUT2D eigenvalue weighted by molar-refractivity contribution is 0.413. The van der Waals surface area contributed by atoms with Crippen LogP contribution in [0.2, 0.25) is 0 Å². The smallest absolute Gasteiger partial charge is 0.120 e. The van der Waals surface area contributed by atoms with E-state index in [1.807, 2.05) is 44.1 Å². The van der Waals surface area contributed by atoms with Crippen LogP contribution in [0.1, 0.15) is 0 Å². The van der Waals surface area contributed by atoms with Gasteiger partial charge in [0.1, 0.15) is 5.50 Å². The molecule has 72 valence electrons. The second kappa shape index (κ2) is 5.81. The van der Waals surface area contributed by atoms with Crippen LogP contribution in [0.5, 0.6) is 0 Å². The Labute approximate surface area is 84.7 Å². The van der Waals surface area contributed by atoms with E-state index < -0.39 is 0 Å². The van der Waals surface area contributed by atoms with Crippen LogP contribution in [0.3, 0.4) is 0 Å². The van der Waals surface area contributed by atoms with Crippen molar-refractivity contribution >= 4 is 23.2 Å². The summed E-state index contributed by atoms with van der Waals surface area (Å²) in [5, 5.41) is 0.676. The van der Waals surface area contributed by atoms with E-state index in [0.717, 1.165) is 6.54 Å². The van der Waals surface area contributed by atoms with Crippen molar-refractivity contribution in [2.45, 2.75) is 5.50 Å². The minimum Gasteiger partial charge on any atom is -0.306 e. The number of nitrogens with zero attached hydrogens (tertiary/aromatic N) is 2. The van der Waals surface area contributed by atoms with Crippen molar-refractivity contribution in [1.82, 2.24) is 9.80 Å². The molecule has 0 aromatic heterocycles. The van der Waals surface area contributed by atoms with Crippen molar-refractivity contribution in [3.8, 4) is 0 Å². The molecule has 0 aliphatic carbocycles. The summed E-state index contributed by atoms with van der Waals surface area (Å²) in [4.78, 5) is 3.89. The van der Waals surface area contributed by atoms with Gasteiger partial charge in [0, 0.05) is 11.6 Å². The maximum Gasteiger partial charge on any atom is 0.120 e. The summed E-state index contributed by atoms with van der Waals surface area (Å²) in [5.41, 5.74) is -0.216. The Morgan fingerprint density at radius 3 is 2.17 bits per heavy atom. The summed E-state index contributed by atoms with van der Waals surface area (Å²) >= 11 is 11.9. The fraction of sp³-hybridized carbons (Fsp3) is 0.750. The van der Waals surface area contributed by atoms with Crippen LogP contribution in [0.4, 0.5) is 0 Å². The molecule has 0 saturated carbocycles. The highest BCUT2D eigenvalue weighted by Crippen LogP contribution is 2.15. The topological polar surface area (TPSA) is 6.48 Å². The zero-order valence-electron chi connectivity index (χ0n) is 8.01. The monoisotopic (exact) mass is 210 g/mol. The Balaban J connectivity index is 3.99. The molecule has 12 heavy (non-hydrogen) atoms. The Hall–Kier alpha value is 0.240. The van der Waals surface area contributed by atoms with Crippen molar-refractivity contribution in [1.29, 1.82) is 0 Å². The summed E-state index contributed by atoms with van der Waals surface area (Å²) in [6.07, 6.45) is 1.92. The number of rotatable bonds is 4. The largest absolute Gasteiger partial charge is 0.306 e. The molecule has 4 heteroatoms. The van der Waals surface area contributed by atoms with E-state index in [2.05, 4.69) is 0 Å². The van der Waals surface area contributed by atoms with E-state index in [0.29, 0.717) is 5.03 Å². The number of alkyl halides is 1. The molecule has 1 unspecified atom stereocenters. The number of hydrogen-bond acceptors (Lipinski definition) is 2. The van der Waals surface area contributed by atoms with Crippen LogP contribution in [-0.2, 0) is 0 Å². The molecular weight excluding hydrogens is 195 g/mol. The van der Waals surface area contributed by atoms with Crippen LogP contribution in [0.25, 0.3) is 0 Å². The van der Waals surface area contributed by atoms with E-state index >= 15 is 0 Å². The van der Waals surface area contributed by atoms with Gasteiger partial charge in [0.2, 0.25) is 0 Å². The predicted octanol–water partition coefficient (Wildman–Crippen LogP) is 1.80. The molecule has 0 amide bonds. The first kappa shape index (κ1) is 12.2. The van der Waals surface area contributed by atoms with Gasteiger partial charge in [-0.15, -0.1) is 0 Å². The molecule has 0 aliphatic rings. The van der Waals surface area contributed by atoms with Gasteiger partial charge in [0.05, 0.1) is 0 Å². The number of likely N-dealkylation sites (N-methyl/N-ethyl adjacent to an activating group) is 2. The minimum absolute atomic E-state index is 0.216. The summed E-state index contributed by atoms with van der Waals surface area (Å²) in [5.74, 6) is 0. The molecule has 0 spiro atoms. The van der Waals surface area contributed by atoms with Crippen LogP contribution in [0, 0.1) is 0 Å². The molecule has 0 rings (SSSR count). The normalized spacial score (nSPS) is 15.8. The molecule has 0 aromatic rings. The van der Waals surface area contributed by atoms with E-state index in [1.165, 1.54) is 0 Å². The Kier molecular flexibility index (Phi) is 5.93. The van der Waals surface area contributed by atoms with Gasteiger partial charge in [0.25, 0.3) is 0 Å². The lowest BCUT2D eigenvalue weighted by Crippen LogP contribution is -2.23. The van der Waals surface area contributed by atoms with Gasteiger partial charge in [-0.1, -0.05) is 29.3 Å². The highest BCUT2D eigenvalue weighted by atomic mass is 35.5. The Morgan fingerprint density at radius 2 is 1.83 bits per heavy atom. The first-order chi connectivity index (χ1) is 5.45. The molecule has 2 nitrogen and oxygen atoms in total. The fourth-order valence-electron chi connectivity index (χ4n) is 0.614. The summed E-state index contributed by atoms with van der Waals surface area (Å²) in [6, 6.07) is 0. The van der Waals surface area contributed by atoms with Crippen LogP contribution < -0.4 is 0 Å². The summed E-state index contributed by atoms with van der Waals surface area (Å²) in [7, 11) is 7.76. The van der Waals surface area contributed by atoms with Gasteiger partial charge in [-0.25, -0.2) is 0 Å². The van der Waals surface area contributed by atoms with Crippen LogP contribution in [-0.4, -0.2) is 50.0 Å². The first-order valence-corrected chi connectivity index (χ1v) is 4.57. The van der Waals surface area contributed by atoms with Crippen LogP contribution in [0.15, 0.2) is 11.1 Å². The Bertz CT molecular complexity index is 155. The fourth-order valence-corrected chi connectivity index (χ4v) is 0.967. The lowest BCUT2D eigenvalue weighted by Gasteiger charge is -2.17. The van der Waals surface area contributed by atoms with E-state index in [9.17, 15) is 0 Å². The zero-order chi connectivity index (χ0) is 9.72. The van der Waals surface area contributed by atoms with Crippen molar-refractivity contribution < 1.29 is 0 Å². The number of halogens is 2.